The van der Waals surface area contributed by atoms with Crippen LogP contribution < -0.4 is 0 Å². The van der Waals surface area contributed by atoms with E-state index >= 15 is 0 Å². The second-order valence-electron chi connectivity index (χ2n) is 6.89. The summed E-state index contributed by atoms with van der Waals surface area (Å²) in [5, 5.41) is 10.4. The van der Waals surface area contributed by atoms with E-state index in [0.29, 0.717) is 6.10 Å². The lowest BCUT2D eigenvalue weighted by molar-refractivity contribution is -0.0407. The maximum atomic E-state index is 10.4. The molecule has 1 heterocycles. The minimum absolute atomic E-state index is 0.461. The van der Waals surface area contributed by atoms with E-state index in [2.05, 4.69) is 18.7 Å². The van der Waals surface area contributed by atoms with Crippen molar-refractivity contribution < 1.29 is 9.84 Å². The van der Waals surface area contributed by atoms with Crippen LogP contribution in [-0.4, -0.2) is 48.0 Å². The Balaban J connectivity index is 1.64. The highest BCUT2D eigenvalue weighted by Gasteiger charge is 2.28. The van der Waals surface area contributed by atoms with E-state index in [-0.39, 0.29) is 0 Å². The molecule has 0 aromatic carbocycles. The third-order valence-electron chi connectivity index (χ3n) is 5.41. The molecule has 2 rings (SSSR count). The van der Waals surface area contributed by atoms with Crippen molar-refractivity contribution in [1.29, 1.82) is 0 Å². The fraction of sp³-hybridized carbons (Fsp3) is 1.00. The third-order valence-corrected chi connectivity index (χ3v) is 5.41. The lowest BCUT2D eigenvalue weighted by Crippen LogP contribution is -2.46. The molecule has 1 saturated heterocycles. The highest BCUT2D eigenvalue weighted by Crippen LogP contribution is 2.26. The Morgan fingerprint density at radius 1 is 1.05 bits per heavy atom. The number of β-amino-alcohol motifs (C(OH)–C–C–N with tert-alkyl or cyclic N) is 1. The van der Waals surface area contributed by atoms with Crippen LogP contribution in [0.2, 0.25) is 0 Å². The second kappa shape index (κ2) is 7.77. The van der Waals surface area contributed by atoms with Crippen molar-refractivity contribution in [2.24, 2.45) is 5.92 Å². The number of hydrogen-bond donors (Lipinski definition) is 1. The van der Waals surface area contributed by atoms with Gasteiger partial charge in [-0.3, -0.25) is 0 Å². The molecule has 0 radical (unpaired) electrons. The summed E-state index contributed by atoms with van der Waals surface area (Å²) in [4.78, 5) is 2.42. The van der Waals surface area contributed by atoms with Crippen LogP contribution in [0, 0.1) is 5.92 Å². The average molecular weight is 283 g/mol. The van der Waals surface area contributed by atoms with Crippen LogP contribution >= 0.6 is 0 Å². The van der Waals surface area contributed by atoms with Crippen molar-refractivity contribution in [3.63, 3.8) is 0 Å². The largest absolute Gasteiger partial charge is 0.389 e. The van der Waals surface area contributed by atoms with Gasteiger partial charge in [0.2, 0.25) is 0 Å². The Hall–Kier alpha value is -0.120. The van der Waals surface area contributed by atoms with Crippen molar-refractivity contribution in [3.8, 4) is 0 Å². The summed E-state index contributed by atoms with van der Waals surface area (Å²) in [5.41, 5.74) is -0.489. The van der Waals surface area contributed by atoms with Gasteiger partial charge in [0.05, 0.1) is 11.7 Å². The Morgan fingerprint density at radius 2 is 1.65 bits per heavy atom. The molecule has 20 heavy (non-hydrogen) atoms. The fourth-order valence-corrected chi connectivity index (χ4v) is 3.57. The Bertz CT molecular complexity index is 264. The molecule has 1 aliphatic carbocycles. The first kappa shape index (κ1) is 16.3. The lowest BCUT2D eigenvalue weighted by atomic mass is 9.95. The van der Waals surface area contributed by atoms with Crippen molar-refractivity contribution in [2.45, 2.75) is 76.9 Å². The third kappa shape index (κ3) is 4.71. The highest BCUT2D eigenvalue weighted by atomic mass is 16.5. The van der Waals surface area contributed by atoms with Gasteiger partial charge in [-0.2, -0.15) is 0 Å². The van der Waals surface area contributed by atoms with Gasteiger partial charge in [0.15, 0.2) is 0 Å². The lowest BCUT2D eigenvalue weighted by Gasteiger charge is -2.37. The molecule has 0 amide bonds. The Labute approximate surface area is 124 Å². The first-order valence-electron chi connectivity index (χ1n) is 8.71. The number of piperidine rings is 1. The second-order valence-corrected chi connectivity index (χ2v) is 6.89. The standard InChI is InChI=1S/C17H33NO2/c1-3-17(19,4-2)14-18-11-9-16(10-12-18)20-13-15-7-5-6-8-15/h15-16,19H,3-14H2,1-2H3. The normalized spacial score (nSPS) is 23.6. The van der Waals surface area contributed by atoms with Crippen LogP contribution in [0.4, 0.5) is 0 Å². The van der Waals surface area contributed by atoms with E-state index in [4.69, 9.17) is 4.74 Å². The Kier molecular flexibility index (Phi) is 6.31. The van der Waals surface area contributed by atoms with Crippen LogP contribution in [0.3, 0.4) is 0 Å². The minimum atomic E-state index is -0.489. The van der Waals surface area contributed by atoms with Crippen LogP contribution in [0.15, 0.2) is 0 Å². The van der Waals surface area contributed by atoms with Gasteiger partial charge < -0.3 is 14.7 Å². The maximum absolute atomic E-state index is 10.4. The van der Waals surface area contributed by atoms with Gasteiger partial charge >= 0.3 is 0 Å². The molecule has 3 nitrogen and oxygen atoms in total. The van der Waals surface area contributed by atoms with Crippen LogP contribution in [0.5, 0.6) is 0 Å². The number of nitrogens with zero attached hydrogens (tertiary/aromatic N) is 1. The molecule has 0 aromatic rings. The van der Waals surface area contributed by atoms with Crippen LogP contribution in [0.25, 0.3) is 0 Å². The number of ether oxygens (including phenoxy) is 1. The molecular weight excluding hydrogens is 250 g/mol. The molecule has 2 aliphatic rings. The Morgan fingerprint density at radius 3 is 2.20 bits per heavy atom. The molecule has 1 N–H and O–H groups in total. The summed E-state index contributed by atoms with van der Waals surface area (Å²) in [5.74, 6) is 0.832. The van der Waals surface area contributed by atoms with Crippen molar-refractivity contribution in [2.75, 3.05) is 26.2 Å². The number of rotatable bonds is 7. The molecule has 0 unspecified atom stereocenters. The molecule has 0 aromatic heterocycles. The molecule has 2 fully saturated rings. The van der Waals surface area contributed by atoms with Gasteiger partial charge in [0.1, 0.15) is 0 Å². The molecule has 1 saturated carbocycles. The SMILES string of the molecule is CCC(O)(CC)CN1CCC(OCC2CCCC2)CC1. The van der Waals surface area contributed by atoms with Crippen LogP contribution in [0.1, 0.15) is 65.2 Å². The fourth-order valence-electron chi connectivity index (χ4n) is 3.57. The van der Waals surface area contributed by atoms with Gasteiger partial charge in [-0.1, -0.05) is 26.7 Å². The topological polar surface area (TPSA) is 32.7 Å². The zero-order valence-electron chi connectivity index (χ0n) is 13.4. The summed E-state index contributed by atoms with van der Waals surface area (Å²) in [6.45, 7) is 8.14. The molecule has 0 spiro atoms. The highest BCUT2D eigenvalue weighted by molar-refractivity contribution is 4.83. The summed E-state index contributed by atoms with van der Waals surface area (Å²) < 4.78 is 6.11. The van der Waals surface area contributed by atoms with Gasteiger partial charge in [-0.15, -0.1) is 0 Å². The molecule has 0 atom stereocenters. The van der Waals surface area contributed by atoms with Gasteiger partial charge in [0.25, 0.3) is 0 Å². The van der Waals surface area contributed by atoms with E-state index in [1.54, 1.807) is 0 Å². The van der Waals surface area contributed by atoms with E-state index in [1.165, 1.54) is 25.7 Å². The zero-order chi connectivity index (χ0) is 14.4. The number of aliphatic hydroxyl groups is 1. The van der Waals surface area contributed by atoms with Gasteiger partial charge in [0, 0.05) is 26.2 Å². The first-order chi connectivity index (χ1) is 9.65. The predicted molar refractivity (Wildman–Crippen MR) is 82.9 cm³/mol. The molecule has 0 bridgehead atoms. The quantitative estimate of drug-likeness (QED) is 0.779. The zero-order valence-corrected chi connectivity index (χ0v) is 13.4. The molecular formula is C17H33NO2. The maximum Gasteiger partial charge on any atom is 0.0768 e. The average Bonchev–Trinajstić information content (AvgIpc) is 3.00. The van der Waals surface area contributed by atoms with E-state index in [1.807, 2.05) is 0 Å². The molecule has 3 heteroatoms. The first-order valence-corrected chi connectivity index (χ1v) is 8.71. The number of likely N-dealkylation sites (tertiary alicyclic amines) is 1. The van der Waals surface area contributed by atoms with E-state index < -0.39 is 5.60 Å². The predicted octanol–water partition coefficient (Wildman–Crippen LogP) is 3.21. The van der Waals surface area contributed by atoms with E-state index in [9.17, 15) is 5.11 Å². The van der Waals surface area contributed by atoms with E-state index in [0.717, 1.165) is 57.8 Å². The van der Waals surface area contributed by atoms with Crippen LogP contribution in [-0.2, 0) is 4.74 Å². The number of hydrogen-bond acceptors (Lipinski definition) is 3. The summed E-state index contributed by atoms with van der Waals surface area (Å²) >= 11 is 0. The van der Waals surface area contributed by atoms with Gasteiger partial charge in [-0.05, 0) is 44.4 Å². The minimum Gasteiger partial charge on any atom is -0.389 e. The van der Waals surface area contributed by atoms with Crippen molar-refractivity contribution in [1.82, 2.24) is 4.90 Å². The summed E-state index contributed by atoms with van der Waals surface area (Å²) in [6, 6.07) is 0. The summed E-state index contributed by atoms with van der Waals surface area (Å²) in [6.07, 6.45) is 9.98. The monoisotopic (exact) mass is 283 g/mol. The van der Waals surface area contributed by atoms with Crippen molar-refractivity contribution >= 4 is 0 Å². The smallest absolute Gasteiger partial charge is 0.0768 e. The summed E-state index contributed by atoms with van der Waals surface area (Å²) in [7, 11) is 0. The van der Waals surface area contributed by atoms with Gasteiger partial charge in [-0.25, -0.2) is 0 Å². The molecule has 1 aliphatic heterocycles. The molecule has 118 valence electrons. The van der Waals surface area contributed by atoms with Crippen molar-refractivity contribution in [3.05, 3.63) is 0 Å².